The first-order valence-electron chi connectivity index (χ1n) is 11.0. The van der Waals surface area contributed by atoms with Crippen LogP contribution in [0.4, 0.5) is 14.0 Å². The minimum absolute atomic E-state index is 0.252. The highest BCUT2D eigenvalue weighted by atomic mass is 19.1. The lowest BCUT2D eigenvalue weighted by molar-refractivity contribution is -0.0110. The number of nitrogens with zero attached hydrogens (tertiary/aromatic N) is 3. The van der Waals surface area contributed by atoms with Gasteiger partial charge in [-0.2, -0.15) is 0 Å². The molecular formula is C23H34FN3O4. The maximum atomic E-state index is 15.4. The van der Waals surface area contributed by atoms with Crippen LogP contribution in [0.2, 0.25) is 0 Å². The van der Waals surface area contributed by atoms with Crippen LogP contribution in [-0.2, 0) is 16.1 Å². The molecule has 1 aromatic rings. The molecule has 8 heteroatoms. The number of alkyl halides is 1. The summed E-state index contributed by atoms with van der Waals surface area (Å²) in [6, 6.07) is 9.57. The van der Waals surface area contributed by atoms with Gasteiger partial charge in [0.2, 0.25) is 0 Å². The molecule has 0 unspecified atom stereocenters. The topological polar surface area (TPSA) is 62.3 Å². The van der Waals surface area contributed by atoms with Gasteiger partial charge in [-0.15, -0.1) is 0 Å². The van der Waals surface area contributed by atoms with Crippen LogP contribution < -0.4 is 0 Å². The summed E-state index contributed by atoms with van der Waals surface area (Å²) in [4.78, 5) is 29.8. The summed E-state index contributed by atoms with van der Waals surface area (Å²) in [6.45, 7) is 9.03. The highest BCUT2D eigenvalue weighted by Gasteiger charge is 2.39. The lowest BCUT2D eigenvalue weighted by Gasteiger charge is -2.41. The first kappa shape index (κ1) is 23.3. The second kappa shape index (κ2) is 9.85. The lowest BCUT2D eigenvalue weighted by Crippen LogP contribution is -2.55. The molecule has 7 nitrogen and oxygen atoms in total. The predicted molar refractivity (Wildman–Crippen MR) is 116 cm³/mol. The molecule has 3 rings (SSSR count). The molecule has 0 aromatic heterocycles. The Morgan fingerprint density at radius 3 is 2.10 bits per heavy atom. The second-order valence-electron chi connectivity index (χ2n) is 9.42. The molecule has 31 heavy (non-hydrogen) atoms. The van der Waals surface area contributed by atoms with Crippen LogP contribution in [-0.4, -0.2) is 84.0 Å². The fraction of sp³-hybridized carbons (Fsp3) is 0.652. The quantitative estimate of drug-likeness (QED) is 0.722. The predicted octanol–water partition coefficient (Wildman–Crippen LogP) is 3.68. The summed E-state index contributed by atoms with van der Waals surface area (Å²) in [5.41, 5.74) is -0.927. The summed E-state index contributed by atoms with van der Waals surface area (Å²) < 4.78 is 26.1. The van der Waals surface area contributed by atoms with Crippen molar-refractivity contribution in [3.63, 3.8) is 0 Å². The molecule has 0 N–H and O–H groups in total. The van der Waals surface area contributed by atoms with Crippen molar-refractivity contribution < 1.29 is 23.5 Å². The number of halogens is 1. The fourth-order valence-electron chi connectivity index (χ4n) is 3.87. The highest BCUT2D eigenvalue weighted by Crippen LogP contribution is 2.29. The van der Waals surface area contributed by atoms with Crippen LogP contribution in [0.3, 0.4) is 0 Å². The van der Waals surface area contributed by atoms with Gasteiger partial charge in [-0.05, 0) is 26.3 Å². The second-order valence-corrected chi connectivity index (χ2v) is 9.42. The molecule has 0 bridgehead atoms. The van der Waals surface area contributed by atoms with E-state index in [0.717, 1.165) is 5.56 Å². The Bertz CT molecular complexity index is 737. The van der Waals surface area contributed by atoms with E-state index in [2.05, 4.69) is 4.90 Å². The van der Waals surface area contributed by atoms with Crippen molar-refractivity contribution in [1.29, 1.82) is 0 Å². The average molecular weight is 436 g/mol. The van der Waals surface area contributed by atoms with Crippen LogP contribution in [0.5, 0.6) is 0 Å². The molecule has 0 atom stereocenters. The number of ether oxygens (including phenoxy) is 2. The number of rotatable bonds is 4. The van der Waals surface area contributed by atoms with Crippen molar-refractivity contribution in [2.24, 2.45) is 0 Å². The van der Waals surface area contributed by atoms with E-state index in [1.165, 1.54) is 0 Å². The number of carbonyl (C=O) groups excluding carboxylic acids is 2. The third-order valence-corrected chi connectivity index (χ3v) is 5.65. The fourth-order valence-corrected chi connectivity index (χ4v) is 3.87. The lowest BCUT2D eigenvalue weighted by atomic mass is 9.92. The molecule has 2 aliphatic heterocycles. The summed E-state index contributed by atoms with van der Waals surface area (Å²) in [7, 11) is 0. The van der Waals surface area contributed by atoms with Crippen LogP contribution in [0.15, 0.2) is 30.3 Å². The maximum absolute atomic E-state index is 15.4. The van der Waals surface area contributed by atoms with Crippen molar-refractivity contribution >= 4 is 12.2 Å². The zero-order valence-corrected chi connectivity index (χ0v) is 18.8. The summed E-state index contributed by atoms with van der Waals surface area (Å²) in [5, 5.41) is 0. The van der Waals surface area contributed by atoms with Crippen LogP contribution in [0.25, 0.3) is 0 Å². The zero-order valence-electron chi connectivity index (χ0n) is 18.8. The van der Waals surface area contributed by atoms with Gasteiger partial charge in [-0.1, -0.05) is 30.3 Å². The first-order valence-corrected chi connectivity index (χ1v) is 11.0. The van der Waals surface area contributed by atoms with Crippen LogP contribution in [0.1, 0.15) is 39.2 Å². The van der Waals surface area contributed by atoms with Crippen LogP contribution >= 0.6 is 0 Å². The van der Waals surface area contributed by atoms with Crippen molar-refractivity contribution in [3.8, 4) is 0 Å². The number of piperidine rings is 1. The molecule has 2 saturated heterocycles. The van der Waals surface area contributed by atoms with Crippen LogP contribution in [0, 0.1) is 0 Å². The average Bonchev–Trinajstić information content (AvgIpc) is 2.72. The Kier molecular flexibility index (Phi) is 7.41. The number of carbonyl (C=O) groups is 2. The number of piperazine rings is 1. The zero-order chi connectivity index (χ0) is 22.5. The van der Waals surface area contributed by atoms with E-state index in [0.29, 0.717) is 58.7 Å². The Morgan fingerprint density at radius 1 is 0.935 bits per heavy atom. The number of benzene rings is 1. The Hall–Kier alpha value is -2.35. The molecule has 172 valence electrons. The number of hydrogen-bond acceptors (Lipinski definition) is 5. The van der Waals surface area contributed by atoms with Crippen molar-refractivity contribution in [2.75, 3.05) is 45.8 Å². The molecule has 0 aliphatic carbocycles. The van der Waals surface area contributed by atoms with E-state index < -0.39 is 11.3 Å². The van der Waals surface area contributed by atoms with Crippen molar-refractivity contribution in [2.45, 2.75) is 51.5 Å². The van der Waals surface area contributed by atoms with E-state index >= 15 is 4.39 Å². The normalized spacial score (nSPS) is 19.7. The smallest absolute Gasteiger partial charge is 0.410 e. The minimum Gasteiger partial charge on any atom is -0.445 e. The molecule has 0 spiro atoms. The third kappa shape index (κ3) is 7.09. The summed E-state index contributed by atoms with van der Waals surface area (Å²) in [5.74, 6) is 0. The molecule has 1 aromatic carbocycles. The van der Waals surface area contributed by atoms with E-state index in [1.807, 2.05) is 51.1 Å². The SMILES string of the molecule is CC(C)(C)OC(=O)N1CCC(F)(CN2CCN(C(=O)OCc3ccccc3)CC2)CC1. The standard InChI is InChI=1S/C23H34FN3O4/c1-22(2,3)31-21(29)26-11-9-23(24,10-12-26)18-25-13-15-27(16-14-25)20(28)30-17-19-7-5-4-6-8-19/h4-8H,9-18H2,1-3H3. The molecule has 2 amide bonds. The van der Waals surface area contributed by atoms with E-state index in [4.69, 9.17) is 9.47 Å². The summed E-state index contributed by atoms with van der Waals surface area (Å²) in [6.07, 6.45) is -0.113. The number of likely N-dealkylation sites (tertiary alicyclic amines) is 1. The van der Waals surface area contributed by atoms with Gasteiger partial charge in [0.25, 0.3) is 0 Å². The van der Waals surface area contributed by atoms with Gasteiger partial charge in [0, 0.05) is 58.7 Å². The maximum Gasteiger partial charge on any atom is 0.410 e. The van der Waals surface area contributed by atoms with Gasteiger partial charge < -0.3 is 19.3 Å². The largest absolute Gasteiger partial charge is 0.445 e. The highest BCUT2D eigenvalue weighted by molar-refractivity contribution is 5.68. The monoisotopic (exact) mass is 435 g/mol. The van der Waals surface area contributed by atoms with Crippen molar-refractivity contribution in [3.05, 3.63) is 35.9 Å². The van der Waals surface area contributed by atoms with Gasteiger partial charge >= 0.3 is 12.2 Å². The minimum atomic E-state index is -1.32. The van der Waals surface area contributed by atoms with Gasteiger partial charge in [0.1, 0.15) is 17.9 Å². The molecule has 0 radical (unpaired) electrons. The van der Waals surface area contributed by atoms with Gasteiger partial charge in [-0.25, -0.2) is 14.0 Å². The molecule has 2 aliphatic rings. The summed E-state index contributed by atoms with van der Waals surface area (Å²) >= 11 is 0. The number of hydrogen-bond donors (Lipinski definition) is 0. The van der Waals surface area contributed by atoms with Crippen molar-refractivity contribution in [1.82, 2.24) is 14.7 Å². The van der Waals surface area contributed by atoms with Gasteiger partial charge in [-0.3, -0.25) is 4.90 Å². The molecule has 0 saturated carbocycles. The first-order chi connectivity index (χ1) is 14.6. The molecular weight excluding hydrogens is 401 g/mol. The molecule has 2 heterocycles. The Morgan fingerprint density at radius 2 is 1.52 bits per heavy atom. The van der Waals surface area contributed by atoms with E-state index in [9.17, 15) is 9.59 Å². The van der Waals surface area contributed by atoms with E-state index in [1.54, 1.807) is 9.80 Å². The van der Waals surface area contributed by atoms with Gasteiger partial charge in [0.15, 0.2) is 0 Å². The van der Waals surface area contributed by atoms with E-state index in [-0.39, 0.29) is 18.8 Å². The number of amides is 2. The third-order valence-electron chi connectivity index (χ3n) is 5.65. The Labute approximate surface area is 184 Å². The molecule has 2 fully saturated rings. The Balaban J connectivity index is 1.38. The van der Waals surface area contributed by atoms with Gasteiger partial charge in [0.05, 0.1) is 0 Å².